The van der Waals surface area contributed by atoms with Crippen LogP contribution < -0.4 is 5.32 Å². The largest absolute Gasteiger partial charge is 0.481 e. The molecule has 1 rings (SSSR count). The van der Waals surface area contributed by atoms with E-state index in [2.05, 4.69) is 5.32 Å². The number of aliphatic hydroxyl groups excluding tert-OH is 1. The molecule has 0 aromatic heterocycles. The Morgan fingerprint density at radius 3 is 2.56 bits per heavy atom. The van der Waals surface area contributed by atoms with Crippen LogP contribution in [0.3, 0.4) is 0 Å². The zero-order valence-electron chi connectivity index (χ0n) is 10.8. The molecule has 1 aliphatic rings. The predicted octanol–water partition coefficient (Wildman–Crippen LogP) is -0.411. The third-order valence-corrected chi connectivity index (χ3v) is 3.57. The first-order chi connectivity index (χ1) is 8.50. The summed E-state index contributed by atoms with van der Waals surface area (Å²) in [5.41, 5.74) is -0.868. The van der Waals surface area contributed by atoms with E-state index in [1.807, 2.05) is 0 Å². The highest BCUT2D eigenvalue weighted by molar-refractivity contribution is 5.70. The second kappa shape index (κ2) is 7.04. The van der Waals surface area contributed by atoms with Crippen molar-refractivity contribution in [1.29, 1.82) is 0 Å². The fraction of sp³-hybridized carbons (Fsp3) is 0.917. The maximum atomic E-state index is 10.8. The third-order valence-electron chi connectivity index (χ3n) is 3.57. The Morgan fingerprint density at radius 2 is 2.11 bits per heavy atom. The van der Waals surface area contributed by atoms with Crippen LogP contribution in [0.15, 0.2) is 0 Å². The summed E-state index contributed by atoms with van der Waals surface area (Å²) in [4.78, 5) is 10.8. The molecule has 1 unspecified atom stereocenters. The summed E-state index contributed by atoms with van der Waals surface area (Å²) in [6, 6.07) is -0.198. The summed E-state index contributed by atoms with van der Waals surface area (Å²) in [7, 11) is 1.55. The van der Waals surface area contributed by atoms with E-state index in [0.29, 0.717) is 38.8 Å². The Hall–Kier alpha value is -0.690. The first-order valence-electron chi connectivity index (χ1n) is 6.29. The molecule has 1 atom stereocenters. The van der Waals surface area contributed by atoms with E-state index in [-0.39, 0.29) is 18.6 Å². The Bertz CT molecular complexity index is 263. The van der Waals surface area contributed by atoms with E-state index in [1.54, 1.807) is 7.11 Å². The van der Waals surface area contributed by atoms with E-state index in [9.17, 15) is 9.90 Å². The van der Waals surface area contributed by atoms with Gasteiger partial charge >= 0.3 is 5.97 Å². The van der Waals surface area contributed by atoms with E-state index >= 15 is 0 Å². The average molecular weight is 261 g/mol. The Morgan fingerprint density at radius 1 is 1.50 bits per heavy atom. The first-order valence-corrected chi connectivity index (χ1v) is 6.29. The molecule has 0 spiro atoms. The van der Waals surface area contributed by atoms with Crippen LogP contribution in [0.1, 0.15) is 25.7 Å². The number of methoxy groups -OCH3 is 1. The molecule has 1 aliphatic carbocycles. The van der Waals surface area contributed by atoms with Crippen LogP contribution in [0.2, 0.25) is 0 Å². The Balaban J connectivity index is 2.35. The highest BCUT2D eigenvalue weighted by atomic mass is 16.5. The second-order valence-electron chi connectivity index (χ2n) is 5.05. The highest BCUT2D eigenvalue weighted by Crippen LogP contribution is 2.31. The van der Waals surface area contributed by atoms with Gasteiger partial charge in [0.25, 0.3) is 0 Å². The maximum absolute atomic E-state index is 10.8. The molecule has 1 fully saturated rings. The van der Waals surface area contributed by atoms with Gasteiger partial charge in [-0.1, -0.05) is 0 Å². The van der Waals surface area contributed by atoms with Gasteiger partial charge in [-0.2, -0.15) is 0 Å². The third kappa shape index (κ3) is 4.53. The number of aliphatic hydroxyl groups is 2. The van der Waals surface area contributed by atoms with Crippen molar-refractivity contribution in [3.05, 3.63) is 0 Å². The topological polar surface area (TPSA) is 99.0 Å². The highest BCUT2D eigenvalue weighted by Gasteiger charge is 2.35. The van der Waals surface area contributed by atoms with Gasteiger partial charge < -0.3 is 25.4 Å². The number of carboxylic acid groups (broad SMARTS) is 1. The standard InChI is InChI=1S/C12H23NO5/c1-18-7-10(6-14)13-8-12(17)4-2-9(3-5-12)11(15)16/h9-10,13-14,17H,2-8H2,1H3,(H,15,16). The van der Waals surface area contributed by atoms with Crippen molar-refractivity contribution in [3.63, 3.8) is 0 Å². The number of carbonyl (C=O) groups is 1. The SMILES string of the molecule is COCC(CO)NCC1(O)CCC(C(=O)O)CC1. The first kappa shape index (κ1) is 15.4. The van der Waals surface area contributed by atoms with Crippen LogP contribution in [0.5, 0.6) is 0 Å². The zero-order chi connectivity index (χ0) is 13.6. The Kier molecular flexibility index (Phi) is 6.01. The molecular weight excluding hydrogens is 238 g/mol. The van der Waals surface area contributed by atoms with Gasteiger partial charge in [-0.15, -0.1) is 0 Å². The second-order valence-corrected chi connectivity index (χ2v) is 5.05. The monoisotopic (exact) mass is 261 g/mol. The van der Waals surface area contributed by atoms with Gasteiger partial charge in [0.2, 0.25) is 0 Å². The molecule has 0 radical (unpaired) electrons. The molecule has 4 N–H and O–H groups in total. The molecular formula is C12H23NO5. The maximum Gasteiger partial charge on any atom is 0.306 e. The minimum absolute atomic E-state index is 0.0539. The summed E-state index contributed by atoms with van der Waals surface area (Å²) in [6.07, 6.45) is 1.95. The summed E-state index contributed by atoms with van der Waals surface area (Å²) in [5.74, 6) is -1.12. The van der Waals surface area contributed by atoms with Crippen molar-refractivity contribution in [1.82, 2.24) is 5.32 Å². The molecule has 1 saturated carbocycles. The average Bonchev–Trinajstić information content (AvgIpc) is 2.35. The van der Waals surface area contributed by atoms with Crippen molar-refractivity contribution in [2.45, 2.75) is 37.3 Å². The van der Waals surface area contributed by atoms with Gasteiger partial charge in [-0.25, -0.2) is 0 Å². The van der Waals surface area contributed by atoms with E-state index in [0.717, 1.165) is 0 Å². The number of nitrogens with one attached hydrogen (secondary N) is 1. The summed E-state index contributed by atoms with van der Waals surface area (Å²) < 4.78 is 4.93. The zero-order valence-corrected chi connectivity index (χ0v) is 10.8. The lowest BCUT2D eigenvalue weighted by molar-refractivity contribution is -0.144. The van der Waals surface area contributed by atoms with Crippen LogP contribution in [0, 0.1) is 5.92 Å². The molecule has 18 heavy (non-hydrogen) atoms. The summed E-state index contributed by atoms with van der Waals surface area (Å²) in [6.45, 7) is 0.680. The van der Waals surface area contributed by atoms with Gasteiger partial charge in [0.15, 0.2) is 0 Å². The summed E-state index contributed by atoms with van der Waals surface area (Å²) >= 11 is 0. The van der Waals surface area contributed by atoms with Gasteiger partial charge in [-0.05, 0) is 25.7 Å². The molecule has 0 amide bonds. The number of hydrogen-bond donors (Lipinski definition) is 4. The minimum Gasteiger partial charge on any atom is -0.481 e. The predicted molar refractivity (Wildman–Crippen MR) is 65.3 cm³/mol. The smallest absolute Gasteiger partial charge is 0.306 e. The lowest BCUT2D eigenvalue weighted by Crippen LogP contribution is -2.49. The normalized spacial score (nSPS) is 30.1. The fourth-order valence-electron chi connectivity index (χ4n) is 2.29. The van der Waals surface area contributed by atoms with Crippen LogP contribution in [-0.2, 0) is 9.53 Å². The number of rotatable bonds is 7. The lowest BCUT2D eigenvalue weighted by Gasteiger charge is -2.35. The van der Waals surface area contributed by atoms with Crippen LogP contribution in [-0.4, -0.2) is 59.8 Å². The van der Waals surface area contributed by atoms with Crippen molar-refractivity contribution in [2.24, 2.45) is 5.92 Å². The molecule has 0 aromatic rings. The van der Waals surface area contributed by atoms with Crippen molar-refractivity contribution < 1.29 is 24.9 Å². The number of carboxylic acids is 1. The summed E-state index contributed by atoms with van der Waals surface area (Å²) in [5, 5.41) is 31.3. The van der Waals surface area contributed by atoms with Gasteiger partial charge in [0, 0.05) is 13.7 Å². The molecule has 6 nitrogen and oxygen atoms in total. The van der Waals surface area contributed by atoms with Gasteiger partial charge in [0.1, 0.15) is 0 Å². The molecule has 0 aromatic carbocycles. The van der Waals surface area contributed by atoms with Gasteiger partial charge in [0.05, 0.1) is 30.8 Å². The van der Waals surface area contributed by atoms with Crippen LogP contribution >= 0.6 is 0 Å². The number of ether oxygens (including phenoxy) is 1. The van der Waals surface area contributed by atoms with E-state index in [4.69, 9.17) is 14.9 Å². The number of aliphatic carboxylic acids is 1. The quantitative estimate of drug-likeness (QED) is 0.497. The molecule has 106 valence electrons. The minimum atomic E-state index is -0.868. The van der Waals surface area contributed by atoms with Crippen LogP contribution in [0.4, 0.5) is 0 Å². The fourth-order valence-corrected chi connectivity index (χ4v) is 2.29. The molecule has 0 saturated heterocycles. The molecule has 6 heteroatoms. The van der Waals surface area contributed by atoms with E-state index < -0.39 is 11.6 Å². The molecule has 0 aliphatic heterocycles. The molecule has 0 bridgehead atoms. The molecule has 0 heterocycles. The Labute approximate surface area is 107 Å². The lowest BCUT2D eigenvalue weighted by atomic mass is 9.78. The number of hydrogen-bond acceptors (Lipinski definition) is 5. The van der Waals surface area contributed by atoms with Crippen molar-refractivity contribution >= 4 is 5.97 Å². The van der Waals surface area contributed by atoms with E-state index in [1.165, 1.54) is 0 Å². The van der Waals surface area contributed by atoms with Crippen molar-refractivity contribution in [2.75, 3.05) is 26.9 Å². The van der Waals surface area contributed by atoms with Crippen LogP contribution in [0.25, 0.3) is 0 Å². The van der Waals surface area contributed by atoms with Crippen molar-refractivity contribution in [3.8, 4) is 0 Å². The van der Waals surface area contributed by atoms with Gasteiger partial charge in [-0.3, -0.25) is 4.79 Å².